The Balaban J connectivity index is 1.83. The molecule has 0 aliphatic carbocycles. The lowest BCUT2D eigenvalue weighted by atomic mass is 10.2. The maximum absolute atomic E-state index is 5.71. The Morgan fingerprint density at radius 1 is 1.56 bits per heavy atom. The van der Waals surface area contributed by atoms with Crippen LogP contribution in [0.5, 0.6) is 5.75 Å². The normalized spacial score (nSPS) is 21.2. The smallest absolute Gasteiger partial charge is 0.138 e. The van der Waals surface area contributed by atoms with Crippen molar-refractivity contribution < 1.29 is 9.47 Å². The predicted molar refractivity (Wildman–Crippen MR) is 73.9 cm³/mol. The first-order valence-electron chi connectivity index (χ1n) is 6.24. The van der Waals surface area contributed by atoms with E-state index >= 15 is 0 Å². The maximum Gasteiger partial charge on any atom is 0.138 e. The van der Waals surface area contributed by atoms with Crippen molar-refractivity contribution in [2.45, 2.75) is 26.0 Å². The quantitative estimate of drug-likeness (QED) is 0.854. The molecule has 5 heteroatoms. The summed E-state index contributed by atoms with van der Waals surface area (Å²) in [4.78, 5) is 6.48. The highest BCUT2D eigenvalue weighted by atomic mass is 79.9. The van der Waals surface area contributed by atoms with E-state index in [9.17, 15) is 0 Å². The molecule has 1 fully saturated rings. The number of hydrogen-bond acceptors (Lipinski definition) is 4. The zero-order valence-corrected chi connectivity index (χ0v) is 12.4. The van der Waals surface area contributed by atoms with E-state index in [2.05, 4.69) is 39.7 Å². The Morgan fingerprint density at radius 2 is 2.39 bits per heavy atom. The minimum absolute atomic E-state index is 0.139. The molecule has 1 atom stereocenters. The number of ether oxygens (including phenoxy) is 2. The van der Waals surface area contributed by atoms with Gasteiger partial charge in [0.05, 0.1) is 12.8 Å². The average Bonchev–Trinajstić information content (AvgIpc) is 2.37. The summed E-state index contributed by atoms with van der Waals surface area (Å²) >= 11 is 3.37. The number of halogens is 1. The minimum atomic E-state index is 0.139. The molecule has 1 saturated heterocycles. The highest BCUT2D eigenvalue weighted by Crippen LogP contribution is 2.17. The van der Waals surface area contributed by atoms with Crippen LogP contribution in [0.1, 0.15) is 13.8 Å². The first kappa shape index (κ1) is 13.8. The fourth-order valence-corrected chi connectivity index (χ4v) is 2.32. The third kappa shape index (κ3) is 3.93. The number of pyridine rings is 1. The molecule has 1 aliphatic rings. The molecule has 0 radical (unpaired) electrons. The van der Waals surface area contributed by atoms with Crippen molar-refractivity contribution in [2.75, 3.05) is 26.3 Å². The van der Waals surface area contributed by atoms with Crippen LogP contribution in [-0.2, 0) is 4.74 Å². The summed E-state index contributed by atoms with van der Waals surface area (Å²) < 4.78 is 12.3. The Hall–Kier alpha value is -0.650. The highest BCUT2D eigenvalue weighted by Gasteiger charge is 2.22. The van der Waals surface area contributed by atoms with Crippen LogP contribution in [0.4, 0.5) is 0 Å². The van der Waals surface area contributed by atoms with E-state index in [1.54, 1.807) is 12.4 Å². The van der Waals surface area contributed by atoms with Crippen molar-refractivity contribution in [3.8, 4) is 5.75 Å². The molecule has 0 amide bonds. The molecule has 0 spiro atoms. The van der Waals surface area contributed by atoms with E-state index in [-0.39, 0.29) is 6.10 Å². The summed E-state index contributed by atoms with van der Waals surface area (Å²) in [5.41, 5.74) is 0. The molecule has 1 unspecified atom stereocenters. The average molecular weight is 315 g/mol. The van der Waals surface area contributed by atoms with E-state index in [4.69, 9.17) is 9.47 Å². The van der Waals surface area contributed by atoms with Crippen molar-refractivity contribution in [2.24, 2.45) is 0 Å². The largest absolute Gasteiger partial charge is 0.489 e. The molecule has 1 aromatic rings. The summed E-state index contributed by atoms with van der Waals surface area (Å²) in [6, 6.07) is 2.47. The van der Waals surface area contributed by atoms with E-state index in [1.165, 1.54) is 0 Å². The van der Waals surface area contributed by atoms with Crippen LogP contribution in [0.2, 0.25) is 0 Å². The van der Waals surface area contributed by atoms with Gasteiger partial charge >= 0.3 is 0 Å². The van der Waals surface area contributed by atoms with Crippen LogP contribution in [0, 0.1) is 0 Å². The van der Waals surface area contributed by atoms with Gasteiger partial charge < -0.3 is 9.47 Å². The molecular formula is C13H19BrN2O2. The second-order valence-corrected chi connectivity index (χ2v) is 5.65. The van der Waals surface area contributed by atoms with Crippen molar-refractivity contribution in [1.29, 1.82) is 0 Å². The van der Waals surface area contributed by atoms with Gasteiger partial charge in [-0.15, -0.1) is 0 Å². The molecule has 2 heterocycles. The fraction of sp³-hybridized carbons (Fsp3) is 0.615. The summed E-state index contributed by atoms with van der Waals surface area (Å²) in [5.74, 6) is 0.773. The van der Waals surface area contributed by atoms with Gasteiger partial charge in [0.1, 0.15) is 18.5 Å². The molecule has 100 valence electrons. The number of nitrogens with zero attached hydrogens (tertiary/aromatic N) is 2. The molecule has 4 nitrogen and oxygen atoms in total. The lowest BCUT2D eigenvalue weighted by Crippen LogP contribution is -2.47. The molecule has 18 heavy (non-hydrogen) atoms. The Labute approximate surface area is 116 Å². The van der Waals surface area contributed by atoms with Gasteiger partial charge in [0.2, 0.25) is 0 Å². The minimum Gasteiger partial charge on any atom is -0.489 e. The Morgan fingerprint density at radius 3 is 3.11 bits per heavy atom. The van der Waals surface area contributed by atoms with E-state index in [0.29, 0.717) is 12.6 Å². The topological polar surface area (TPSA) is 34.6 Å². The molecule has 0 N–H and O–H groups in total. The van der Waals surface area contributed by atoms with Crippen LogP contribution in [0.3, 0.4) is 0 Å². The lowest BCUT2D eigenvalue weighted by molar-refractivity contribution is -0.0565. The van der Waals surface area contributed by atoms with Crippen molar-refractivity contribution >= 4 is 15.9 Å². The number of morpholine rings is 1. The van der Waals surface area contributed by atoms with Crippen LogP contribution in [-0.4, -0.2) is 48.3 Å². The van der Waals surface area contributed by atoms with Gasteiger partial charge in [-0.2, -0.15) is 0 Å². The summed E-state index contributed by atoms with van der Waals surface area (Å²) in [6.45, 7) is 7.71. The molecule has 2 rings (SSSR count). The maximum atomic E-state index is 5.71. The van der Waals surface area contributed by atoms with E-state index in [0.717, 1.165) is 29.9 Å². The van der Waals surface area contributed by atoms with Crippen molar-refractivity contribution in [1.82, 2.24) is 9.88 Å². The fourth-order valence-electron chi connectivity index (χ4n) is 1.97. The Bertz CT molecular complexity index is 387. The monoisotopic (exact) mass is 314 g/mol. The first-order valence-corrected chi connectivity index (χ1v) is 7.03. The van der Waals surface area contributed by atoms with Crippen LogP contribution in [0.15, 0.2) is 22.9 Å². The second kappa shape index (κ2) is 6.50. The summed E-state index contributed by atoms with van der Waals surface area (Å²) in [5, 5.41) is 0. The predicted octanol–water partition coefficient (Wildman–Crippen LogP) is 2.33. The van der Waals surface area contributed by atoms with Gasteiger partial charge in [-0.25, -0.2) is 0 Å². The van der Waals surface area contributed by atoms with Crippen LogP contribution in [0.25, 0.3) is 0 Å². The molecule has 1 aliphatic heterocycles. The zero-order valence-electron chi connectivity index (χ0n) is 10.8. The third-order valence-corrected chi connectivity index (χ3v) is 3.45. The van der Waals surface area contributed by atoms with Gasteiger partial charge in [0.25, 0.3) is 0 Å². The summed E-state index contributed by atoms with van der Waals surface area (Å²) in [6.07, 6.45) is 3.60. The van der Waals surface area contributed by atoms with Crippen LogP contribution < -0.4 is 4.74 Å². The van der Waals surface area contributed by atoms with E-state index < -0.39 is 0 Å². The molecule has 0 aromatic carbocycles. The van der Waals surface area contributed by atoms with Gasteiger partial charge in [0, 0.05) is 29.8 Å². The highest BCUT2D eigenvalue weighted by molar-refractivity contribution is 9.10. The van der Waals surface area contributed by atoms with Gasteiger partial charge in [-0.3, -0.25) is 9.88 Å². The van der Waals surface area contributed by atoms with Gasteiger partial charge in [0.15, 0.2) is 0 Å². The zero-order chi connectivity index (χ0) is 13.0. The third-order valence-electron chi connectivity index (χ3n) is 3.02. The second-order valence-electron chi connectivity index (χ2n) is 4.73. The number of rotatable bonds is 4. The molecule has 0 saturated carbocycles. The van der Waals surface area contributed by atoms with Crippen molar-refractivity contribution in [3.05, 3.63) is 22.9 Å². The van der Waals surface area contributed by atoms with Gasteiger partial charge in [-0.1, -0.05) is 0 Å². The van der Waals surface area contributed by atoms with Gasteiger partial charge in [-0.05, 0) is 35.8 Å². The van der Waals surface area contributed by atoms with E-state index in [1.807, 2.05) is 6.07 Å². The lowest BCUT2D eigenvalue weighted by Gasteiger charge is -2.35. The van der Waals surface area contributed by atoms with Crippen LogP contribution >= 0.6 is 15.9 Å². The number of aromatic nitrogens is 1. The first-order chi connectivity index (χ1) is 8.65. The molecule has 1 aromatic heterocycles. The van der Waals surface area contributed by atoms with Crippen molar-refractivity contribution in [3.63, 3.8) is 0 Å². The SMILES string of the molecule is CC(C)N1CCOC(COc2cncc(Br)c2)C1. The number of hydrogen-bond donors (Lipinski definition) is 0. The Kier molecular flexibility index (Phi) is 4.97. The molecule has 0 bridgehead atoms. The molecular weight excluding hydrogens is 296 g/mol. The standard InChI is InChI=1S/C13H19BrN2O2/c1-10(2)16-3-4-17-13(8-16)9-18-12-5-11(14)6-15-7-12/h5-7,10,13H,3-4,8-9H2,1-2H3. The summed E-state index contributed by atoms with van der Waals surface area (Å²) in [7, 11) is 0.